The first-order valence-corrected chi connectivity index (χ1v) is 7.74. The summed E-state index contributed by atoms with van der Waals surface area (Å²) in [6, 6.07) is 2.29. The Morgan fingerprint density at radius 2 is 2.17 bits per heavy atom. The van der Waals surface area contributed by atoms with Crippen molar-refractivity contribution in [2.24, 2.45) is 0 Å². The highest BCUT2D eigenvalue weighted by atomic mass is 32.2. The number of nitrogens with one attached hydrogen (secondary N) is 2. The fraction of sp³-hybridized carbons (Fsp3) is 0.667. The molecule has 0 aromatic carbocycles. The molecule has 1 saturated carbocycles. The molecule has 5 nitrogen and oxygen atoms in total. The molecular weight excluding hydrogens is 250 g/mol. The average molecular weight is 271 g/mol. The van der Waals surface area contributed by atoms with Gasteiger partial charge in [-0.3, -0.25) is 0 Å². The molecule has 0 spiro atoms. The van der Waals surface area contributed by atoms with Crippen LogP contribution in [0.1, 0.15) is 32.4 Å². The highest BCUT2D eigenvalue weighted by molar-refractivity contribution is 7.89. The Labute approximate surface area is 109 Å². The summed E-state index contributed by atoms with van der Waals surface area (Å²) in [6.07, 6.45) is 3.52. The largest absolute Gasteiger partial charge is 0.363 e. The summed E-state index contributed by atoms with van der Waals surface area (Å²) in [7, 11) is -1.66. The topological polar surface area (TPSA) is 65.2 Å². The summed E-state index contributed by atoms with van der Waals surface area (Å²) in [6.45, 7) is 4.77. The maximum Gasteiger partial charge on any atom is 0.244 e. The van der Waals surface area contributed by atoms with Crippen LogP contribution in [0.2, 0.25) is 0 Å². The number of sulfonamides is 1. The molecule has 1 heterocycles. The molecule has 0 atom stereocenters. The second-order valence-corrected chi connectivity index (χ2v) is 7.15. The van der Waals surface area contributed by atoms with E-state index in [9.17, 15) is 8.42 Å². The van der Waals surface area contributed by atoms with Gasteiger partial charge in [-0.1, -0.05) is 13.8 Å². The maximum atomic E-state index is 12.3. The molecular formula is C12H21N3O2S. The first kappa shape index (κ1) is 13.6. The fourth-order valence-electron chi connectivity index (χ4n) is 1.78. The van der Waals surface area contributed by atoms with Crippen LogP contribution in [0.15, 0.2) is 17.2 Å². The van der Waals surface area contributed by atoms with Crippen molar-refractivity contribution in [1.82, 2.24) is 14.6 Å². The summed E-state index contributed by atoms with van der Waals surface area (Å²) in [4.78, 5) is 3.37. The summed E-state index contributed by atoms with van der Waals surface area (Å²) < 4.78 is 26.0. The average Bonchev–Trinajstić information content (AvgIpc) is 3.03. The zero-order valence-electron chi connectivity index (χ0n) is 11.1. The van der Waals surface area contributed by atoms with Gasteiger partial charge < -0.3 is 10.3 Å². The molecule has 0 amide bonds. The highest BCUT2D eigenvalue weighted by Gasteiger charge is 2.35. The van der Waals surface area contributed by atoms with E-state index in [0.717, 1.165) is 18.5 Å². The third-order valence-corrected chi connectivity index (χ3v) is 5.04. The van der Waals surface area contributed by atoms with Crippen molar-refractivity contribution in [2.45, 2.75) is 50.2 Å². The van der Waals surface area contributed by atoms with E-state index in [2.05, 4.69) is 24.1 Å². The first-order valence-electron chi connectivity index (χ1n) is 6.30. The van der Waals surface area contributed by atoms with Gasteiger partial charge in [0.1, 0.15) is 0 Å². The molecule has 0 saturated heterocycles. The molecule has 1 aromatic rings. The third kappa shape index (κ3) is 2.93. The Hall–Kier alpha value is -0.850. The lowest BCUT2D eigenvalue weighted by Gasteiger charge is -2.14. The Bertz CT molecular complexity index is 503. The minimum absolute atomic E-state index is 0.196. The zero-order valence-corrected chi connectivity index (χ0v) is 11.9. The Balaban J connectivity index is 2.08. The van der Waals surface area contributed by atoms with E-state index in [-0.39, 0.29) is 6.04 Å². The molecule has 0 unspecified atom stereocenters. The number of rotatable bonds is 6. The van der Waals surface area contributed by atoms with E-state index in [4.69, 9.17) is 0 Å². The maximum absolute atomic E-state index is 12.3. The van der Waals surface area contributed by atoms with Crippen LogP contribution in [-0.4, -0.2) is 36.8 Å². The third-order valence-electron chi connectivity index (χ3n) is 3.16. The first-order chi connectivity index (χ1) is 8.41. The molecule has 1 fully saturated rings. The van der Waals surface area contributed by atoms with Crippen LogP contribution in [0, 0.1) is 0 Å². The van der Waals surface area contributed by atoms with Gasteiger partial charge >= 0.3 is 0 Å². The standard InChI is InChI=1S/C12H21N3O2S/c1-9(2)13-7-10-6-12(8-14-10)18(16,17)15(3)11-4-5-11/h6,8-9,11,13-14H,4-5,7H2,1-3H3. The van der Waals surface area contributed by atoms with Crippen LogP contribution in [-0.2, 0) is 16.6 Å². The number of aromatic amines is 1. The molecule has 18 heavy (non-hydrogen) atoms. The van der Waals surface area contributed by atoms with Crippen molar-refractivity contribution in [2.75, 3.05) is 7.05 Å². The van der Waals surface area contributed by atoms with Crippen molar-refractivity contribution >= 4 is 10.0 Å². The Morgan fingerprint density at radius 3 is 2.72 bits per heavy atom. The quantitative estimate of drug-likeness (QED) is 0.819. The zero-order chi connectivity index (χ0) is 13.3. The van der Waals surface area contributed by atoms with Crippen LogP contribution in [0.4, 0.5) is 0 Å². The van der Waals surface area contributed by atoms with Gasteiger partial charge in [-0.05, 0) is 18.9 Å². The number of hydrogen-bond donors (Lipinski definition) is 2. The lowest BCUT2D eigenvalue weighted by atomic mass is 10.3. The van der Waals surface area contributed by atoms with Crippen LogP contribution < -0.4 is 5.32 Å². The monoisotopic (exact) mass is 271 g/mol. The van der Waals surface area contributed by atoms with Crippen molar-refractivity contribution in [3.63, 3.8) is 0 Å². The van der Waals surface area contributed by atoms with Gasteiger partial charge in [-0.2, -0.15) is 4.31 Å². The summed E-state index contributed by atoms with van der Waals surface area (Å²) >= 11 is 0. The molecule has 0 aliphatic heterocycles. The van der Waals surface area contributed by atoms with Gasteiger partial charge in [0.25, 0.3) is 0 Å². The SMILES string of the molecule is CC(C)NCc1cc(S(=O)(=O)N(C)C2CC2)c[nH]1. The minimum Gasteiger partial charge on any atom is -0.363 e. The molecule has 102 valence electrons. The lowest BCUT2D eigenvalue weighted by molar-refractivity contribution is 0.464. The van der Waals surface area contributed by atoms with Crippen molar-refractivity contribution < 1.29 is 8.42 Å². The van der Waals surface area contributed by atoms with E-state index in [0.29, 0.717) is 17.5 Å². The molecule has 2 N–H and O–H groups in total. The van der Waals surface area contributed by atoms with Gasteiger partial charge in [0.05, 0.1) is 4.90 Å². The van der Waals surface area contributed by atoms with E-state index in [1.165, 1.54) is 4.31 Å². The van der Waals surface area contributed by atoms with Gasteiger partial charge in [0.2, 0.25) is 10.0 Å². The minimum atomic E-state index is -3.32. The number of hydrogen-bond acceptors (Lipinski definition) is 3. The Morgan fingerprint density at radius 1 is 1.50 bits per heavy atom. The van der Waals surface area contributed by atoms with Crippen LogP contribution >= 0.6 is 0 Å². The van der Waals surface area contributed by atoms with Crippen molar-refractivity contribution in [3.8, 4) is 0 Å². The van der Waals surface area contributed by atoms with E-state index in [1.807, 2.05) is 0 Å². The van der Waals surface area contributed by atoms with E-state index >= 15 is 0 Å². The van der Waals surface area contributed by atoms with Crippen LogP contribution in [0.25, 0.3) is 0 Å². The van der Waals surface area contributed by atoms with Gasteiger partial charge in [-0.25, -0.2) is 8.42 Å². The van der Waals surface area contributed by atoms with Gasteiger partial charge in [-0.15, -0.1) is 0 Å². The number of H-pyrrole nitrogens is 1. The van der Waals surface area contributed by atoms with Gasteiger partial charge in [0, 0.05) is 37.6 Å². The molecule has 6 heteroatoms. The van der Waals surface area contributed by atoms with Crippen molar-refractivity contribution in [1.29, 1.82) is 0 Å². The number of nitrogens with zero attached hydrogens (tertiary/aromatic N) is 1. The predicted molar refractivity (Wildman–Crippen MR) is 70.7 cm³/mol. The molecule has 0 radical (unpaired) electrons. The van der Waals surface area contributed by atoms with E-state index in [1.54, 1.807) is 19.3 Å². The molecule has 1 aromatic heterocycles. The second-order valence-electron chi connectivity index (χ2n) is 5.15. The predicted octanol–water partition coefficient (Wildman–Crippen LogP) is 1.30. The normalized spacial score (nSPS) is 16.7. The second kappa shape index (κ2) is 5.03. The van der Waals surface area contributed by atoms with Crippen LogP contribution in [0.3, 0.4) is 0 Å². The number of aromatic nitrogens is 1. The smallest absolute Gasteiger partial charge is 0.244 e. The summed E-state index contributed by atoms with van der Waals surface area (Å²) in [5.74, 6) is 0. The van der Waals surface area contributed by atoms with E-state index < -0.39 is 10.0 Å². The molecule has 1 aliphatic carbocycles. The lowest BCUT2D eigenvalue weighted by Crippen LogP contribution is -2.28. The fourth-order valence-corrected chi connectivity index (χ4v) is 3.22. The highest BCUT2D eigenvalue weighted by Crippen LogP contribution is 2.30. The van der Waals surface area contributed by atoms with Crippen molar-refractivity contribution in [3.05, 3.63) is 18.0 Å². The molecule has 0 bridgehead atoms. The summed E-state index contributed by atoms with van der Waals surface area (Å²) in [5.41, 5.74) is 0.895. The molecule has 1 aliphatic rings. The summed E-state index contributed by atoms with van der Waals surface area (Å²) in [5, 5.41) is 3.25. The van der Waals surface area contributed by atoms with Gasteiger partial charge in [0.15, 0.2) is 0 Å². The molecule has 2 rings (SSSR count). The Kier molecular flexibility index (Phi) is 3.79. The van der Waals surface area contributed by atoms with Crippen LogP contribution in [0.5, 0.6) is 0 Å².